The smallest absolute Gasteiger partial charge is 0.416 e. The van der Waals surface area contributed by atoms with E-state index in [9.17, 15) is 17.6 Å². The van der Waals surface area contributed by atoms with E-state index in [0.717, 1.165) is 22.0 Å². The Morgan fingerprint density at radius 2 is 1.00 bits per heavy atom. The predicted octanol–water partition coefficient (Wildman–Crippen LogP) is 3.34. The molecule has 0 N–H and O–H groups in total. The van der Waals surface area contributed by atoms with Gasteiger partial charge in [0.15, 0.2) is 0 Å². The SMILES string of the molecule is Fc1ccc(C[P+](c2ccccc2)(c2ccccc2)c2ccccc2)c(C(F)(F)F)c1.[Br-]. The zero-order chi connectivity index (χ0) is 21.9. The third-order valence-corrected chi connectivity index (χ3v) is 9.73. The van der Waals surface area contributed by atoms with Gasteiger partial charge >= 0.3 is 6.18 Å². The van der Waals surface area contributed by atoms with Crippen LogP contribution in [0.5, 0.6) is 0 Å². The summed E-state index contributed by atoms with van der Waals surface area (Å²) in [5, 5.41) is 2.93. The van der Waals surface area contributed by atoms with Crippen LogP contribution in [0.3, 0.4) is 0 Å². The highest BCUT2D eigenvalue weighted by atomic mass is 79.9. The Morgan fingerprint density at radius 1 is 0.594 bits per heavy atom. The molecule has 0 saturated heterocycles. The lowest BCUT2D eigenvalue weighted by Crippen LogP contribution is -3.00. The van der Waals surface area contributed by atoms with Crippen LogP contribution in [0, 0.1) is 5.82 Å². The van der Waals surface area contributed by atoms with E-state index in [4.69, 9.17) is 0 Å². The lowest BCUT2D eigenvalue weighted by molar-refractivity contribution is -0.138. The minimum atomic E-state index is -4.64. The summed E-state index contributed by atoms with van der Waals surface area (Å²) in [6.07, 6.45) is -4.50. The molecule has 164 valence electrons. The van der Waals surface area contributed by atoms with Gasteiger partial charge in [-0.25, -0.2) is 4.39 Å². The van der Waals surface area contributed by atoms with Crippen molar-refractivity contribution in [3.05, 3.63) is 126 Å². The molecule has 0 nitrogen and oxygen atoms in total. The van der Waals surface area contributed by atoms with Crippen molar-refractivity contribution in [1.82, 2.24) is 0 Å². The Labute approximate surface area is 196 Å². The van der Waals surface area contributed by atoms with Gasteiger partial charge in [-0.1, -0.05) is 60.7 Å². The maximum absolute atomic E-state index is 13.9. The number of hydrogen-bond donors (Lipinski definition) is 0. The van der Waals surface area contributed by atoms with Crippen molar-refractivity contribution >= 4 is 23.2 Å². The second-order valence-corrected chi connectivity index (χ2v) is 10.8. The predicted molar refractivity (Wildman–Crippen MR) is 120 cm³/mol. The standard InChI is InChI=1S/C26H20F4P.BrH/c27-21-17-16-20(25(18-21)26(28,29)30)19-31(22-10-4-1-5-11-22,23-12-6-2-7-13-23)24-14-8-3-9-15-24;/h1-18H,19H2;1H/q+1;/p-1. The van der Waals surface area contributed by atoms with E-state index in [1.807, 2.05) is 91.0 Å². The molecule has 0 unspecified atom stereocenters. The van der Waals surface area contributed by atoms with Crippen LogP contribution in [-0.2, 0) is 12.3 Å². The first kappa shape index (κ1) is 24.2. The average Bonchev–Trinajstić information content (AvgIpc) is 2.79. The van der Waals surface area contributed by atoms with Crippen LogP contribution in [0.2, 0.25) is 0 Å². The molecular weight excluding hydrogens is 499 g/mol. The summed E-state index contributed by atoms with van der Waals surface area (Å²) in [4.78, 5) is 0. The van der Waals surface area contributed by atoms with Crippen LogP contribution in [0.25, 0.3) is 0 Å². The van der Waals surface area contributed by atoms with E-state index >= 15 is 0 Å². The van der Waals surface area contributed by atoms with E-state index in [1.54, 1.807) is 0 Å². The van der Waals surface area contributed by atoms with Gasteiger partial charge < -0.3 is 17.0 Å². The zero-order valence-electron chi connectivity index (χ0n) is 16.9. The molecule has 4 aromatic rings. The first-order valence-corrected chi connectivity index (χ1v) is 11.8. The minimum Gasteiger partial charge on any atom is -1.00 e. The summed E-state index contributed by atoms with van der Waals surface area (Å²) in [6.45, 7) is 0. The van der Waals surface area contributed by atoms with Gasteiger partial charge in [-0.3, -0.25) is 0 Å². The molecule has 0 aliphatic carbocycles. The molecule has 0 fully saturated rings. The lowest BCUT2D eigenvalue weighted by Gasteiger charge is -2.28. The van der Waals surface area contributed by atoms with Gasteiger partial charge in [0, 0.05) is 5.56 Å². The number of hydrogen-bond acceptors (Lipinski definition) is 0. The highest BCUT2D eigenvalue weighted by molar-refractivity contribution is 7.95. The Bertz CT molecular complexity index is 1050. The summed E-state index contributed by atoms with van der Waals surface area (Å²) in [5.41, 5.74) is -0.821. The second kappa shape index (κ2) is 9.97. The molecule has 4 aromatic carbocycles. The third-order valence-electron chi connectivity index (χ3n) is 5.38. The molecule has 0 aromatic heterocycles. The molecule has 0 heterocycles. The molecular formula is C26H20BrF4P. The van der Waals surface area contributed by atoms with Crippen LogP contribution in [-0.4, -0.2) is 0 Å². The van der Waals surface area contributed by atoms with Crippen molar-refractivity contribution in [2.24, 2.45) is 0 Å². The fourth-order valence-corrected chi connectivity index (χ4v) is 8.25. The monoisotopic (exact) mass is 518 g/mol. The summed E-state index contributed by atoms with van der Waals surface area (Å²) in [7, 11) is -2.51. The van der Waals surface area contributed by atoms with Crippen LogP contribution in [0.4, 0.5) is 17.6 Å². The molecule has 0 amide bonds. The third kappa shape index (κ3) is 4.79. The Hall–Kier alpha value is -2.49. The van der Waals surface area contributed by atoms with E-state index in [0.29, 0.717) is 6.07 Å². The number of benzene rings is 4. The van der Waals surface area contributed by atoms with E-state index in [-0.39, 0.29) is 28.7 Å². The molecule has 0 spiro atoms. The quantitative estimate of drug-likeness (QED) is 0.281. The number of halogens is 5. The maximum Gasteiger partial charge on any atom is 0.416 e. The molecule has 6 heteroatoms. The van der Waals surface area contributed by atoms with E-state index in [1.165, 1.54) is 6.07 Å². The van der Waals surface area contributed by atoms with Crippen molar-refractivity contribution < 1.29 is 34.5 Å². The maximum atomic E-state index is 13.9. The van der Waals surface area contributed by atoms with Crippen LogP contribution in [0.1, 0.15) is 11.1 Å². The van der Waals surface area contributed by atoms with Gasteiger partial charge in [0.2, 0.25) is 0 Å². The fourth-order valence-electron chi connectivity index (χ4n) is 3.97. The topological polar surface area (TPSA) is 0 Å². The van der Waals surface area contributed by atoms with Crippen molar-refractivity contribution in [3.8, 4) is 0 Å². The van der Waals surface area contributed by atoms with Crippen molar-refractivity contribution in [3.63, 3.8) is 0 Å². The Balaban J connectivity index is 0.00000289. The van der Waals surface area contributed by atoms with Gasteiger partial charge in [0.25, 0.3) is 0 Å². The van der Waals surface area contributed by atoms with Gasteiger partial charge in [-0.15, -0.1) is 0 Å². The average molecular weight is 519 g/mol. The largest absolute Gasteiger partial charge is 1.00 e. The number of rotatable bonds is 5. The normalized spacial score (nSPS) is 11.6. The summed E-state index contributed by atoms with van der Waals surface area (Å²) >= 11 is 0. The van der Waals surface area contributed by atoms with Crippen LogP contribution < -0.4 is 32.9 Å². The molecule has 0 saturated carbocycles. The summed E-state index contributed by atoms with van der Waals surface area (Å²) < 4.78 is 55.4. The van der Waals surface area contributed by atoms with Crippen molar-refractivity contribution in [1.29, 1.82) is 0 Å². The minimum absolute atomic E-state index is 0. The molecule has 0 bridgehead atoms. The molecule has 32 heavy (non-hydrogen) atoms. The Morgan fingerprint density at radius 3 is 1.38 bits per heavy atom. The van der Waals surface area contributed by atoms with Crippen molar-refractivity contribution in [2.45, 2.75) is 12.3 Å². The van der Waals surface area contributed by atoms with E-state index < -0.39 is 24.8 Å². The molecule has 0 atom stereocenters. The summed E-state index contributed by atoms with van der Waals surface area (Å²) in [5.74, 6) is -0.890. The van der Waals surface area contributed by atoms with Crippen LogP contribution >= 0.6 is 7.26 Å². The fraction of sp³-hybridized carbons (Fsp3) is 0.0769. The number of alkyl halides is 3. The Kier molecular flexibility index (Phi) is 7.53. The first-order chi connectivity index (χ1) is 14.9. The first-order valence-electron chi connectivity index (χ1n) is 9.82. The van der Waals surface area contributed by atoms with Gasteiger partial charge in [-0.2, -0.15) is 13.2 Å². The molecule has 0 aliphatic rings. The summed E-state index contributed by atoms with van der Waals surface area (Å²) in [6, 6.07) is 32.0. The lowest BCUT2D eigenvalue weighted by atomic mass is 10.1. The zero-order valence-corrected chi connectivity index (χ0v) is 19.4. The van der Waals surface area contributed by atoms with Gasteiger partial charge in [0.1, 0.15) is 29.0 Å². The van der Waals surface area contributed by atoms with Crippen LogP contribution in [0.15, 0.2) is 109 Å². The highest BCUT2D eigenvalue weighted by Crippen LogP contribution is 2.59. The van der Waals surface area contributed by atoms with Crippen molar-refractivity contribution in [2.75, 3.05) is 0 Å². The van der Waals surface area contributed by atoms with Gasteiger partial charge in [0.05, 0.1) is 11.7 Å². The second-order valence-electron chi connectivity index (χ2n) is 7.27. The van der Waals surface area contributed by atoms with Gasteiger partial charge in [-0.05, 0) is 48.5 Å². The van der Waals surface area contributed by atoms with E-state index in [2.05, 4.69) is 0 Å². The highest BCUT2D eigenvalue weighted by Gasteiger charge is 2.47. The molecule has 0 radical (unpaired) electrons. The molecule has 4 rings (SSSR count). The molecule has 0 aliphatic heterocycles.